The summed E-state index contributed by atoms with van der Waals surface area (Å²) < 4.78 is 29.3. The second-order valence-corrected chi connectivity index (χ2v) is 12.8. The summed E-state index contributed by atoms with van der Waals surface area (Å²) in [6, 6.07) is 10.8. The Morgan fingerprint density at radius 1 is 1.12 bits per heavy atom. The van der Waals surface area contributed by atoms with Gasteiger partial charge in [-0.3, -0.25) is 19.4 Å². The summed E-state index contributed by atoms with van der Waals surface area (Å²) in [5.41, 5.74) is 1.37. The zero-order chi connectivity index (χ0) is 28.6. The fraction of sp³-hybridized carbons (Fsp3) is 0.269. The van der Waals surface area contributed by atoms with Crippen LogP contribution in [0, 0.1) is 6.92 Å². The number of thiazole rings is 1. The first-order valence-corrected chi connectivity index (χ1v) is 14.9. The molecule has 1 atom stereocenters. The largest absolute Gasteiger partial charge is 0.480 e. The minimum Gasteiger partial charge on any atom is -0.480 e. The highest BCUT2D eigenvalue weighted by molar-refractivity contribution is 7.89. The van der Waals surface area contributed by atoms with Gasteiger partial charge in [-0.25, -0.2) is 13.4 Å². The fourth-order valence-corrected chi connectivity index (χ4v) is 7.16. The number of hydrogen-bond acceptors (Lipinski definition) is 8. The third-order valence-corrected chi connectivity index (χ3v) is 9.66. The van der Waals surface area contributed by atoms with Gasteiger partial charge in [0.1, 0.15) is 6.54 Å². The second-order valence-electron chi connectivity index (χ2n) is 9.36. The quantitative estimate of drug-likeness (QED) is 0.328. The number of pyridine rings is 1. The average molecular weight is 602 g/mol. The van der Waals surface area contributed by atoms with Gasteiger partial charge >= 0.3 is 5.97 Å². The van der Waals surface area contributed by atoms with Crippen molar-refractivity contribution in [1.29, 1.82) is 0 Å². The Balaban J connectivity index is 1.42. The Kier molecular flexibility index (Phi) is 7.73. The Morgan fingerprint density at radius 3 is 2.65 bits per heavy atom. The van der Waals surface area contributed by atoms with Crippen molar-refractivity contribution >= 4 is 71.7 Å². The maximum atomic E-state index is 13.6. The van der Waals surface area contributed by atoms with Crippen LogP contribution in [0.5, 0.6) is 0 Å². The number of piperazine rings is 1. The third-order valence-electron chi connectivity index (χ3n) is 6.57. The molecular weight excluding hydrogens is 578 g/mol. The zero-order valence-electron chi connectivity index (χ0n) is 21.2. The van der Waals surface area contributed by atoms with Crippen molar-refractivity contribution < 1.29 is 27.9 Å². The van der Waals surface area contributed by atoms with Gasteiger partial charge in [-0.15, -0.1) is 11.3 Å². The number of sulfonamides is 1. The number of carboxylic acid groups (broad SMARTS) is 1. The van der Waals surface area contributed by atoms with Crippen molar-refractivity contribution in [2.75, 3.05) is 26.2 Å². The third kappa shape index (κ3) is 5.77. The lowest BCUT2D eigenvalue weighted by Gasteiger charge is -2.40. The van der Waals surface area contributed by atoms with Crippen molar-refractivity contribution in [1.82, 2.24) is 24.5 Å². The number of rotatable bonds is 7. The number of carbonyl (C=O) groups excluding carboxylic acids is 2. The van der Waals surface area contributed by atoms with Crippen LogP contribution in [0.1, 0.15) is 21.9 Å². The molecule has 2 N–H and O–H groups in total. The van der Waals surface area contributed by atoms with Gasteiger partial charge < -0.3 is 15.3 Å². The van der Waals surface area contributed by atoms with E-state index < -0.39 is 40.4 Å². The number of aryl methyl sites for hydroxylation is 1. The number of hydrogen-bond donors (Lipinski definition) is 2. The Hall–Kier alpha value is -3.65. The predicted octanol–water partition coefficient (Wildman–Crippen LogP) is 2.91. The summed E-state index contributed by atoms with van der Waals surface area (Å²) in [4.78, 5) is 47.3. The number of nitrogens with zero attached hydrogens (tertiary/aromatic N) is 4. The molecule has 1 saturated heterocycles. The number of nitrogens with one attached hydrogen (secondary N) is 1. The van der Waals surface area contributed by atoms with Gasteiger partial charge in [0.05, 0.1) is 21.2 Å². The van der Waals surface area contributed by atoms with E-state index in [9.17, 15) is 22.8 Å². The van der Waals surface area contributed by atoms with Crippen LogP contribution in [0.15, 0.2) is 53.6 Å². The molecule has 11 nitrogen and oxygen atoms in total. The van der Waals surface area contributed by atoms with Crippen molar-refractivity contribution in [3.05, 3.63) is 64.4 Å². The number of halogens is 1. The molecule has 14 heteroatoms. The molecule has 3 heterocycles. The summed E-state index contributed by atoms with van der Waals surface area (Å²) in [5, 5.41) is 13.4. The van der Waals surface area contributed by atoms with Gasteiger partial charge in [-0.1, -0.05) is 23.7 Å². The number of aromatic nitrogens is 2. The maximum absolute atomic E-state index is 13.6. The van der Waals surface area contributed by atoms with Crippen LogP contribution in [-0.4, -0.2) is 82.7 Å². The van der Waals surface area contributed by atoms with Crippen LogP contribution >= 0.6 is 22.9 Å². The van der Waals surface area contributed by atoms with Crippen molar-refractivity contribution in [2.45, 2.75) is 24.3 Å². The molecule has 1 fully saturated rings. The molecule has 2 aromatic carbocycles. The first-order valence-electron chi connectivity index (χ1n) is 12.2. The summed E-state index contributed by atoms with van der Waals surface area (Å²) >= 11 is 7.21. The SMILES string of the molecule is Cc1cc2nc(C(=O)N3CCN(S(=O)(=O)c4ccc5cc(Cl)ccc5c4)CC3CC(=O)NCC(=O)O)sc2cn1. The highest BCUT2D eigenvalue weighted by Crippen LogP contribution is 2.28. The number of fused-ring (bicyclic) bond motifs is 2. The number of carbonyl (C=O) groups is 3. The number of benzene rings is 2. The molecule has 1 aliphatic rings. The lowest BCUT2D eigenvalue weighted by atomic mass is 10.1. The van der Waals surface area contributed by atoms with E-state index in [0.29, 0.717) is 15.9 Å². The van der Waals surface area contributed by atoms with Gasteiger partial charge in [0, 0.05) is 43.0 Å². The molecule has 0 bridgehead atoms. The number of amides is 2. The van der Waals surface area contributed by atoms with E-state index in [2.05, 4.69) is 15.3 Å². The lowest BCUT2D eigenvalue weighted by molar-refractivity contribution is -0.138. The molecule has 208 valence electrons. The van der Waals surface area contributed by atoms with E-state index in [1.807, 2.05) is 6.92 Å². The second kappa shape index (κ2) is 11.1. The average Bonchev–Trinajstić information content (AvgIpc) is 3.34. The highest BCUT2D eigenvalue weighted by Gasteiger charge is 2.38. The number of carboxylic acids is 1. The molecule has 0 spiro atoms. The molecule has 0 radical (unpaired) electrons. The predicted molar refractivity (Wildman–Crippen MR) is 150 cm³/mol. The lowest BCUT2D eigenvalue weighted by Crippen LogP contribution is -2.57. The van der Waals surface area contributed by atoms with Crippen LogP contribution in [0.2, 0.25) is 5.02 Å². The summed E-state index contributed by atoms with van der Waals surface area (Å²) in [6.45, 7) is 1.10. The Bertz CT molecular complexity index is 1760. The van der Waals surface area contributed by atoms with E-state index in [1.54, 1.807) is 42.6 Å². The van der Waals surface area contributed by atoms with Crippen LogP contribution < -0.4 is 5.32 Å². The monoisotopic (exact) mass is 601 g/mol. The van der Waals surface area contributed by atoms with Gasteiger partial charge in [0.25, 0.3) is 5.91 Å². The van der Waals surface area contributed by atoms with Crippen LogP contribution in [0.25, 0.3) is 21.0 Å². The molecule has 0 saturated carbocycles. The molecule has 0 aliphatic carbocycles. The Morgan fingerprint density at radius 2 is 1.88 bits per heavy atom. The first kappa shape index (κ1) is 27.9. The van der Waals surface area contributed by atoms with Crippen LogP contribution in [-0.2, 0) is 19.6 Å². The summed E-state index contributed by atoms with van der Waals surface area (Å²) in [7, 11) is -3.98. The molecule has 5 rings (SSSR count). The molecule has 1 unspecified atom stereocenters. The van der Waals surface area contributed by atoms with E-state index in [0.717, 1.165) is 27.1 Å². The van der Waals surface area contributed by atoms with E-state index in [4.69, 9.17) is 16.7 Å². The van der Waals surface area contributed by atoms with Crippen molar-refractivity contribution in [2.24, 2.45) is 0 Å². The van der Waals surface area contributed by atoms with Crippen LogP contribution in [0.4, 0.5) is 0 Å². The van der Waals surface area contributed by atoms with E-state index in [1.165, 1.54) is 15.3 Å². The van der Waals surface area contributed by atoms with E-state index in [-0.39, 0.29) is 36.0 Å². The topological polar surface area (TPSA) is 150 Å². The van der Waals surface area contributed by atoms with Crippen molar-refractivity contribution in [3.63, 3.8) is 0 Å². The molecular formula is C26H24ClN5O6S2. The van der Waals surface area contributed by atoms with Gasteiger partial charge in [-0.2, -0.15) is 4.31 Å². The smallest absolute Gasteiger partial charge is 0.322 e. The van der Waals surface area contributed by atoms with Gasteiger partial charge in [-0.05, 0) is 48.0 Å². The highest BCUT2D eigenvalue weighted by atomic mass is 35.5. The standard InChI is InChI=1S/C26H24ClN5O6S2/c1-15-8-21-22(12-28-15)39-25(30-21)26(36)32-7-6-31(14-19(32)11-23(33)29-13-24(34)35)40(37,38)20-5-3-16-9-18(27)4-2-17(16)10-20/h2-5,8-10,12,19H,6-7,11,13-14H2,1H3,(H,29,33)(H,34,35). The molecule has 40 heavy (non-hydrogen) atoms. The minimum absolute atomic E-state index is 0.00549. The molecule has 4 aromatic rings. The molecule has 1 aliphatic heterocycles. The number of aliphatic carboxylic acids is 1. The van der Waals surface area contributed by atoms with Gasteiger partial charge in [0.15, 0.2) is 5.01 Å². The first-order chi connectivity index (χ1) is 19.0. The minimum atomic E-state index is -3.98. The summed E-state index contributed by atoms with van der Waals surface area (Å²) in [6.07, 6.45) is 1.35. The maximum Gasteiger partial charge on any atom is 0.322 e. The van der Waals surface area contributed by atoms with Crippen molar-refractivity contribution in [3.8, 4) is 0 Å². The molecule has 2 aromatic heterocycles. The normalized spacial score (nSPS) is 16.4. The van der Waals surface area contributed by atoms with Crippen LogP contribution in [0.3, 0.4) is 0 Å². The summed E-state index contributed by atoms with van der Waals surface area (Å²) in [5.74, 6) is -2.27. The Labute approximate surface area is 238 Å². The van der Waals surface area contributed by atoms with Gasteiger partial charge in [0.2, 0.25) is 15.9 Å². The molecule has 2 amide bonds. The van der Waals surface area contributed by atoms with E-state index >= 15 is 0 Å². The zero-order valence-corrected chi connectivity index (χ0v) is 23.6. The fourth-order valence-electron chi connectivity index (χ4n) is 4.60.